The number of benzene rings is 1. The molecule has 2 aliphatic heterocycles. The third-order valence-electron chi connectivity index (χ3n) is 7.95. The summed E-state index contributed by atoms with van der Waals surface area (Å²) >= 11 is 6.23. The Morgan fingerprint density at radius 3 is 2.70 bits per heavy atom. The van der Waals surface area contributed by atoms with Gasteiger partial charge in [-0.05, 0) is 49.9 Å². The van der Waals surface area contributed by atoms with E-state index in [1.165, 1.54) is 0 Å². The number of hydrogen-bond donors (Lipinski definition) is 3. The van der Waals surface area contributed by atoms with Gasteiger partial charge in [-0.1, -0.05) is 0 Å². The first-order valence-electron chi connectivity index (χ1n) is 14.9. The van der Waals surface area contributed by atoms with Gasteiger partial charge in [0.15, 0.2) is 11.5 Å². The molecule has 14 heteroatoms. The van der Waals surface area contributed by atoms with Crippen molar-refractivity contribution in [3.63, 3.8) is 0 Å². The van der Waals surface area contributed by atoms with Gasteiger partial charge in [0, 0.05) is 69.7 Å². The molecule has 13 nitrogen and oxygen atoms in total. The van der Waals surface area contributed by atoms with Crippen LogP contribution < -0.4 is 25.0 Å². The minimum atomic E-state index is -0.267. The van der Waals surface area contributed by atoms with Crippen LogP contribution in [0.25, 0.3) is 11.2 Å². The van der Waals surface area contributed by atoms with Crippen molar-refractivity contribution in [1.29, 1.82) is 0 Å². The Morgan fingerprint density at radius 2 is 1.93 bits per heavy atom. The van der Waals surface area contributed by atoms with Crippen molar-refractivity contribution in [3.05, 3.63) is 29.8 Å². The number of amides is 2. The van der Waals surface area contributed by atoms with Gasteiger partial charge in [-0.25, -0.2) is 9.78 Å². The molecule has 0 radical (unpaired) electrons. The standard InChI is InChI=1S/C29H42ClN9O4/c1-41-23-15-22(16-24(17-23)42-2)34-29(40)31-6-10-38(8-4-7-37-11-13-43-14-12-37)18-21-5-3-9-39(19-21)27-25-26(33-20-32-25)35-28(30)36-27/h15-17,20-21H,3-14,18-19H2,1-2H3,(H2,31,34,40)(H,32,33,35,36). The summed E-state index contributed by atoms with van der Waals surface area (Å²) in [7, 11) is 3.16. The maximum Gasteiger partial charge on any atom is 0.319 e. The highest BCUT2D eigenvalue weighted by molar-refractivity contribution is 6.28. The Kier molecular flexibility index (Phi) is 11.1. The second kappa shape index (κ2) is 15.4. The fourth-order valence-corrected chi connectivity index (χ4v) is 5.97. The highest BCUT2D eigenvalue weighted by Gasteiger charge is 2.26. The lowest BCUT2D eigenvalue weighted by Gasteiger charge is -2.36. The van der Waals surface area contributed by atoms with Crippen LogP contribution in [-0.4, -0.2) is 122 Å². The highest BCUT2D eigenvalue weighted by Crippen LogP contribution is 2.28. The molecule has 1 unspecified atom stereocenters. The molecule has 2 amide bonds. The Hall–Kier alpha value is -3.39. The van der Waals surface area contributed by atoms with Crippen molar-refractivity contribution in [3.8, 4) is 11.5 Å². The first-order chi connectivity index (χ1) is 21.0. The van der Waals surface area contributed by atoms with Crippen LogP contribution in [0.15, 0.2) is 24.5 Å². The Bertz CT molecular complexity index is 1310. The maximum absolute atomic E-state index is 12.7. The van der Waals surface area contributed by atoms with Gasteiger partial charge < -0.3 is 39.6 Å². The lowest BCUT2D eigenvalue weighted by atomic mass is 9.97. The fraction of sp³-hybridized carbons (Fsp3) is 0.586. The molecule has 1 atom stereocenters. The Labute approximate surface area is 257 Å². The number of halogens is 1. The summed E-state index contributed by atoms with van der Waals surface area (Å²) in [6.07, 6.45) is 4.88. The average Bonchev–Trinajstić information content (AvgIpc) is 3.49. The van der Waals surface area contributed by atoms with E-state index in [-0.39, 0.29) is 11.3 Å². The SMILES string of the molecule is COc1cc(NC(=O)NCCN(CCCN2CCOCC2)CC2CCCN(c3nc(Cl)nc4nc[nH]c34)C2)cc(OC)c1. The quantitative estimate of drug-likeness (QED) is 0.246. The molecule has 2 fully saturated rings. The van der Waals surface area contributed by atoms with E-state index in [1.807, 2.05) is 0 Å². The van der Waals surface area contributed by atoms with Gasteiger partial charge in [0.25, 0.3) is 0 Å². The van der Waals surface area contributed by atoms with Crippen LogP contribution in [0.3, 0.4) is 0 Å². The topological polar surface area (TPSA) is 133 Å². The molecule has 0 saturated carbocycles. The number of ether oxygens (including phenoxy) is 3. The number of H-pyrrole nitrogens is 1. The largest absolute Gasteiger partial charge is 0.497 e. The van der Waals surface area contributed by atoms with Crippen LogP contribution in [0, 0.1) is 5.92 Å². The number of carbonyl (C=O) groups is 1. The van der Waals surface area contributed by atoms with Crippen molar-refractivity contribution >= 4 is 40.3 Å². The second-order valence-electron chi connectivity index (χ2n) is 11.0. The number of morpholine rings is 1. The summed E-state index contributed by atoms with van der Waals surface area (Å²) in [6, 6.07) is 5.02. The average molecular weight is 616 g/mol. The maximum atomic E-state index is 12.7. The van der Waals surface area contributed by atoms with Crippen molar-refractivity contribution < 1.29 is 19.0 Å². The predicted molar refractivity (Wildman–Crippen MR) is 167 cm³/mol. The minimum Gasteiger partial charge on any atom is -0.497 e. The van der Waals surface area contributed by atoms with Gasteiger partial charge in [-0.2, -0.15) is 9.97 Å². The van der Waals surface area contributed by atoms with Crippen LogP contribution >= 0.6 is 11.6 Å². The zero-order chi connectivity index (χ0) is 30.0. The van der Waals surface area contributed by atoms with Crippen molar-refractivity contribution in [2.24, 2.45) is 5.92 Å². The number of nitrogens with zero attached hydrogens (tertiary/aromatic N) is 6. The molecule has 2 saturated heterocycles. The van der Waals surface area contributed by atoms with E-state index in [2.05, 4.69) is 45.3 Å². The van der Waals surface area contributed by atoms with Gasteiger partial charge in [0.05, 0.1) is 33.8 Å². The van der Waals surface area contributed by atoms with Gasteiger partial charge in [-0.15, -0.1) is 0 Å². The van der Waals surface area contributed by atoms with Crippen molar-refractivity contribution in [2.45, 2.75) is 19.3 Å². The van der Waals surface area contributed by atoms with Crippen LogP contribution in [-0.2, 0) is 4.74 Å². The lowest BCUT2D eigenvalue weighted by Crippen LogP contribution is -2.45. The molecule has 3 N–H and O–H groups in total. The van der Waals surface area contributed by atoms with Crippen LogP contribution in [0.2, 0.25) is 5.28 Å². The van der Waals surface area contributed by atoms with Gasteiger partial charge in [0.1, 0.15) is 17.0 Å². The van der Waals surface area contributed by atoms with Gasteiger partial charge in [-0.3, -0.25) is 4.90 Å². The zero-order valence-electron chi connectivity index (χ0n) is 25.0. The summed E-state index contributed by atoms with van der Waals surface area (Å²) in [6.45, 7) is 9.55. The third kappa shape index (κ3) is 8.82. The van der Waals surface area contributed by atoms with Crippen LogP contribution in [0.4, 0.5) is 16.3 Å². The molecule has 234 valence electrons. The third-order valence-corrected chi connectivity index (χ3v) is 8.12. The summed E-state index contributed by atoms with van der Waals surface area (Å²) in [4.78, 5) is 36.2. The number of hydrogen-bond acceptors (Lipinski definition) is 10. The van der Waals surface area contributed by atoms with E-state index in [9.17, 15) is 4.79 Å². The number of carbonyl (C=O) groups excluding carboxylic acids is 1. The van der Waals surface area contributed by atoms with E-state index in [4.69, 9.17) is 25.8 Å². The molecule has 1 aromatic carbocycles. The van der Waals surface area contributed by atoms with Gasteiger partial charge >= 0.3 is 6.03 Å². The number of aromatic nitrogens is 4. The molecular weight excluding hydrogens is 574 g/mol. The summed E-state index contributed by atoms with van der Waals surface area (Å²) in [5.41, 5.74) is 2.00. The zero-order valence-corrected chi connectivity index (χ0v) is 25.7. The van der Waals surface area contributed by atoms with Gasteiger partial charge in [0.2, 0.25) is 5.28 Å². The van der Waals surface area contributed by atoms with Crippen LogP contribution in [0.5, 0.6) is 11.5 Å². The second-order valence-corrected chi connectivity index (χ2v) is 11.3. The molecular formula is C29H42ClN9O4. The Balaban J connectivity index is 1.18. The van der Waals surface area contributed by atoms with Crippen molar-refractivity contribution in [1.82, 2.24) is 35.1 Å². The summed E-state index contributed by atoms with van der Waals surface area (Å²) in [5, 5.41) is 6.11. The van der Waals surface area contributed by atoms with E-state index in [1.54, 1.807) is 38.7 Å². The first kappa shape index (κ1) is 31.0. The number of anilines is 2. The predicted octanol–water partition coefficient (Wildman–Crippen LogP) is 3.09. The minimum absolute atomic E-state index is 0.207. The lowest BCUT2D eigenvalue weighted by molar-refractivity contribution is 0.0359. The number of nitrogens with one attached hydrogen (secondary N) is 3. The molecule has 4 heterocycles. The van der Waals surface area contributed by atoms with Crippen molar-refractivity contribution in [2.75, 3.05) is 96.6 Å². The van der Waals surface area contributed by atoms with E-state index in [0.29, 0.717) is 35.3 Å². The number of aromatic amines is 1. The molecule has 0 bridgehead atoms. The van der Waals surface area contributed by atoms with E-state index >= 15 is 0 Å². The molecule has 5 rings (SSSR count). The normalized spacial score (nSPS) is 17.8. The molecule has 43 heavy (non-hydrogen) atoms. The molecule has 0 spiro atoms. The van der Waals surface area contributed by atoms with E-state index < -0.39 is 0 Å². The highest BCUT2D eigenvalue weighted by atomic mass is 35.5. The monoisotopic (exact) mass is 615 g/mol. The number of fused-ring (bicyclic) bond motifs is 1. The molecule has 2 aliphatic rings. The van der Waals surface area contributed by atoms with Crippen LogP contribution in [0.1, 0.15) is 19.3 Å². The number of urea groups is 1. The Morgan fingerprint density at radius 1 is 1.14 bits per heavy atom. The smallest absolute Gasteiger partial charge is 0.319 e. The molecule has 2 aromatic heterocycles. The summed E-state index contributed by atoms with van der Waals surface area (Å²) < 4.78 is 16.1. The fourth-order valence-electron chi connectivity index (χ4n) is 5.81. The molecule has 0 aliphatic carbocycles. The number of imidazole rings is 1. The first-order valence-corrected chi connectivity index (χ1v) is 15.3. The summed E-state index contributed by atoms with van der Waals surface area (Å²) in [5.74, 6) is 2.48. The molecule has 3 aromatic rings. The van der Waals surface area contributed by atoms with E-state index in [0.717, 1.165) is 96.2 Å². The number of piperidine rings is 1. The number of rotatable bonds is 13. The number of methoxy groups -OCH3 is 2.